The number of amides is 2. The Morgan fingerprint density at radius 2 is 1.77 bits per heavy atom. The van der Waals surface area contributed by atoms with Crippen molar-refractivity contribution >= 4 is 29.5 Å². The molecule has 0 bridgehead atoms. The number of ether oxygens (including phenoxy) is 1. The Morgan fingerprint density at radius 3 is 2.42 bits per heavy atom. The Morgan fingerprint density at radius 1 is 1.00 bits per heavy atom. The van der Waals surface area contributed by atoms with Gasteiger partial charge in [-0.05, 0) is 48.0 Å². The van der Waals surface area contributed by atoms with Crippen LogP contribution in [0, 0.1) is 0 Å². The van der Waals surface area contributed by atoms with E-state index in [-0.39, 0.29) is 22.7 Å². The topological polar surface area (TPSA) is 118 Å². The molecule has 0 fully saturated rings. The van der Waals surface area contributed by atoms with Gasteiger partial charge < -0.3 is 20.5 Å². The van der Waals surface area contributed by atoms with Crippen molar-refractivity contribution in [3.8, 4) is 5.75 Å². The average molecular weight is 417 g/mol. The van der Waals surface area contributed by atoms with Crippen LogP contribution in [0.15, 0.2) is 78.8 Å². The zero-order chi connectivity index (χ0) is 22.2. The fourth-order valence-corrected chi connectivity index (χ4v) is 2.70. The maximum absolute atomic E-state index is 13.0. The van der Waals surface area contributed by atoms with Crippen LogP contribution in [0.2, 0.25) is 0 Å². The predicted octanol–water partition coefficient (Wildman–Crippen LogP) is 3.20. The van der Waals surface area contributed by atoms with Crippen molar-refractivity contribution in [2.45, 2.75) is 0 Å². The summed E-state index contributed by atoms with van der Waals surface area (Å²) in [5, 5.41) is 14.4. The average Bonchev–Trinajstić information content (AvgIpc) is 2.79. The molecule has 0 atom stereocenters. The second kappa shape index (κ2) is 9.84. The first-order valence-electron chi connectivity index (χ1n) is 9.18. The number of carbonyl (C=O) groups is 3. The molecule has 0 aliphatic heterocycles. The van der Waals surface area contributed by atoms with Crippen LogP contribution in [0.25, 0.3) is 6.08 Å². The van der Waals surface area contributed by atoms with Crippen LogP contribution in [0.1, 0.15) is 26.3 Å². The Bertz CT molecular complexity index is 1130. The molecule has 1 aromatic heterocycles. The van der Waals surface area contributed by atoms with Gasteiger partial charge in [-0.2, -0.15) is 0 Å². The number of anilines is 1. The normalized spacial score (nSPS) is 10.8. The van der Waals surface area contributed by atoms with Crippen LogP contribution >= 0.6 is 0 Å². The number of benzene rings is 2. The highest BCUT2D eigenvalue weighted by molar-refractivity contribution is 6.11. The van der Waals surface area contributed by atoms with Crippen molar-refractivity contribution in [3.63, 3.8) is 0 Å². The Kier molecular flexibility index (Phi) is 6.74. The molecular weight excluding hydrogens is 398 g/mol. The van der Waals surface area contributed by atoms with Gasteiger partial charge >= 0.3 is 5.97 Å². The molecular formula is C23H19N3O5. The van der Waals surface area contributed by atoms with Gasteiger partial charge in [0.25, 0.3) is 11.8 Å². The predicted molar refractivity (Wildman–Crippen MR) is 115 cm³/mol. The first-order valence-corrected chi connectivity index (χ1v) is 9.18. The molecule has 3 N–H and O–H groups in total. The summed E-state index contributed by atoms with van der Waals surface area (Å²) in [6.45, 7) is 0. The Balaban J connectivity index is 1.93. The number of nitrogens with one attached hydrogen (secondary N) is 2. The van der Waals surface area contributed by atoms with Gasteiger partial charge in [0.05, 0.1) is 18.4 Å². The Labute approximate surface area is 178 Å². The van der Waals surface area contributed by atoms with E-state index in [9.17, 15) is 19.5 Å². The molecule has 0 spiro atoms. The molecule has 0 aliphatic rings. The number of carboxylic acids is 1. The fraction of sp³-hybridized carbons (Fsp3) is 0.0435. The van der Waals surface area contributed by atoms with Gasteiger partial charge in [0.2, 0.25) is 0 Å². The van der Waals surface area contributed by atoms with Gasteiger partial charge in [-0.25, -0.2) is 4.79 Å². The summed E-state index contributed by atoms with van der Waals surface area (Å²) in [5.74, 6) is -2.01. The SMILES string of the molecule is COc1ccc(C(=O)O)cc1NC(=O)C(=Cc1cccnc1)NC(=O)c1ccccc1. The molecule has 3 rings (SSSR count). The van der Waals surface area contributed by atoms with Crippen molar-refractivity contribution in [1.82, 2.24) is 10.3 Å². The minimum atomic E-state index is -1.15. The van der Waals surface area contributed by atoms with E-state index >= 15 is 0 Å². The second-order valence-electron chi connectivity index (χ2n) is 6.34. The van der Waals surface area contributed by atoms with Crippen molar-refractivity contribution in [2.24, 2.45) is 0 Å². The highest BCUT2D eigenvalue weighted by Gasteiger charge is 2.18. The van der Waals surface area contributed by atoms with Crippen molar-refractivity contribution < 1.29 is 24.2 Å². The Hall–Kier alpha value is -4.46. The number of rotatable bonds is 7. The third kappa shape index (κ3) is 5.54. The van der Waals surface area contributed by atoms with Gasteiger partial charge in [-0.1, -0.05) is 24.3 Å². The highest BCUT2D eigenvalue weighted by Crippen LogP contribution is 2.26. The van der Waals surface area contributed by atoms with Gasteiger partial charge in [-0.3, -0.25) is 14.6 Å². The summed E-state index contributed by atoms with van der Waals surface area (Å²) in [6.07, 6.45) is 4.59. The number of aromatic nitrogens is 1. The summed E-state index contributed by atoms with van der Waals surface area (Å²) in [7, 11) is 1.40. The lowest BCUT2D eigenvalue weighted by molar-refractivity contribution is -0.113. The molecule has 3 aromatic rings. The summed E-state index contributed by atoms with van der Waals surface area (Å²) in [6, 6.07) is 15.9. The van der Waals surface area contributed by atoms with E-state index in [0.717, 1.165) is 0 Å². The van der Waals surface area contributed by atoms with Gasteiger partial charge in [-0.15, -0.1) is 0 Å². The zero-order valence-corrected chi connectivity index (χ0v) is 16.5. The summed E-state index contributed by atoms with van der Waals surface area (Å²) >= 11 is 0. The van der Waals surface area contributed by atoms with Crippen molar-refractivity contribution in [1.29, 1.82) is 0 Å². The van der Waals surface area contributed by atoms with E-state index in [1.165, 1.54) is 37.6 Å². The van der Waals surface area contributed by atoms with E-state index in [4.69, 9.17) is 4.74 Å². The fourth-order valence-electron chi connectivity index (χ4n) is 2.70. The molecule has 0 saturated carbocycles. The summed E-state index contributed by atoms with van der Waals surface area (Å²) in [4.78, 5) is 40.9. The quantitative estimate of drug-likeness (QED) is 0.508. The number of methoxy groups -OCH3 is 1. The number of carbonyl (C=O) groups excluding carboxylic acids is 2. The lowest BCUT2D eigenvalue weighted by Crippen LogP contribution is -2.30. The molecule has 0 saturated heterocycles. The van der Waals surface area contributed by atoms with Gasteiger partial charge in [0.1, 0.15) is 11.4 Å². The van der Waals surface area contributed by atoms with Crippen LogP contribution in [-0.2, 0) is 4.79 Å². The largest absolute Gasteiger partial charge is 0.495 e. The number of hydrogen-bond acceptors (Lipinski definition) is 5. The minimum absolute atomic E-state index is 0.0257. The second-order valence-corrected chi connectivity index (χ2v) is 6.34. The van der Waals surface area contributed by atoms with Crippen LogP contribution < -0.4 is 15.4 Å². The lowest BCUT2D eigenvalue weighted by atomic mass is 10.1. The lowest BCUT2D eigenvalue weighted by Gasteiger charge is -2.14. The molecule has 8 heteroatoms. The van der Waals surface area contributed by atoms with Crippen LogP contribution in [0.5, 0.6) is 5.75 Å². The van der Waals surface area contributed by atoms with E-state index in [1.807, 2.05) is 0 Å². The molecule has 2 aromatic carbocycles. The van der Waals surface area contributed by atoms with Crippen LogP contribution in [-0.4, -0.2) is 35.0 Å². The molecule has 2 amide bonds. The number of pyridine rings is 1. The molecule has 0 radical (unpaired) electrons. The highest BCUT2D eigenvalue weighted by atomic mass is 16.5. The number of hydrogen-bond donors (Lipinski definition) is 3. The van der Waals surface area contributed by atoms with Crippen LogP contribution in [0.3, 0.4) is 0 Å². The zero-order valence-electron chi connectivity index (χ0n) is 16.5. The maximum atomic E-state index is 13.0. The molecule has 0 unspecified atom stereocenters. The number of carboxylic acid groups (broad SMARTS) is 1. The third-order valence-corrected chi connectivity index (χ3v) is 4.22. The standard InChI is InChI=1S/C23H19N3O5/c1-31-20-10-9-17(23(29)30)13-18(20)25-22(28)19(12-15-6-5-11-24-14-15)26-21(27)16-7-3-2-4-8-16/h2-14H,1H3,(H,25,28)(H,26,27)(H,29,30). The monoisotopic (exact) mass is 417 g/mol. The molecule has 1 heterocycles. The van der Waals surface area contributed by atoms with Gasteiger partial charge in [0, 0.05) is 18.0 Å². The molecule has 8 nitrogen and oxygen atoms in total. The minimum Gasteiger partial charge on any atom is -0.495 e. The first-order chi connectivity index (χ1) is 15.0. The molecule has 0 aliphatic carbocycles. The van der Waals surface area contributed by atoms with Gasteiger partial charge in [0.15, 0.2) is 0 Å². The number of aromatic carboxylic acids is 1. The molecule has 31 heavy (non-hydrogen) atoms. The summed E-state index contributed by atoms with van der Waals surface area (Å²) < 4.78 is 5.20. The maximum Gasteiger partial charge on any atom is 0.335 e. The van der Waals surface area contributed by atoms with E-state index in [1.54, 1.807) is 48.7 Å². The first kappa shape index (κ1) is 21.3. The number of nitrogens with zero attached hydrogens (tertiary/aromatic N) is 1. The van der Waals surface area contributed by atoms with E-state index < -0.39 is 17.8 Å². The summed E-state index contributed by atoms with van der Waals surface area (Å²) in [5.41, 5.74) is 1.04. The van der Waals surface area contributed by atoms with E-state index in [2.05, 4.69) is 15.6 Å². The van der Waals surface area contributed by atoms with Crippen LogP contribution in [0.4, 0.5) is 5.69 Å². The van der Waals surface area contributed by atoms with Crippen molar-refractivity contribution in [2.75, 3.05) is 12.4 Å². The smallest absolute Gasteiger partial charge is 0.335 e. The van der Waals surface area contributed by atoms with E-state index in [0.29, 0.717) is 11.1 Å². The third-order valence-electron chi connectivity index (χ3n) is 4.22. The molecule has 156 valence electrons. The van der Waals surface area contributed by atoms with Crippen molar-refractivity contribution in [3.05, 3.63) is 95.4 Å².